The Hall–Kier alpha value is -3.49. The van der Waals surface area contributed by atoms with Crippen LogP contribution in [0.15, 0.2) is 42.9 Å². The molecule has 0 fully saturated rings. The van der Waals surface area contributed by atoms with Crippen LogP contribution in [0.3, 0.4) is 0 Å². The smallest absolute Gasteiger partial charge is 0.272 e. The van der Waals surface area contributed by atoms with Crippen molar-refractivity contribution in [2.45, 2.75) is 6.42 Å². The van der Waals surface area contributed by atoms with Crippen LogP contribution < -0.4 is 16.0 Å². The lowest BCUT2D eigenvalue weighted by molar-refractivity contribution is -0.120. The molecule has 0 aliphatic carbocycles. The number of fused-ring (bicyclic) bond motifs is 1. The highest BCUT2D eigenvalue weighted by molar-refractivity contribution is 6.04. The lowest BCUT2D eigenvalue weighted by Gasteiger charge is -2.07. The van der Waals surface area contributed by atoms with Crippen molar-refractivity contribution in [2.75, 3.05) is 25.0 Å². The van der Waals surface area contributed by atoms with E-state index in [9.17, 15) is 9.59 Å². The number of nitrogens with one attached hydrogen (secondary N) is 4. The monoisotopic (exact) mass is 353 g/mol. The van der Waals surface area contributed by atoms with E-state index in [1.807, 2.05) is 24.3 Å². The van der Waals surface area contributed by atoms with Crippen LogP contribution in [0, 0.1) is 0 Å². The van der Waals surface area contributed by atoms with Crippen molar-refractivity contribution < 1.29 is 9.59 Å². The van der Waals surface area contributed by atoms with Gasteiger partial charge in [0.25, 0.3) is 5.91 Å². The van der Waals surface area contributed by atoms with Crippen molar-refractivity contribution in [3.8, 4) is 0 Å². The predicted octanol–water partition coefficient (Wildman–Crippen LogP) is 0.701. The lowest BCUT2D eigenvalue weighted by Crippen LogP contribution is -2.33. The third-order valence-electron chi connectivity index (χ3n) is 3.64. The van der Waals surface area contributed by atoms with Crippen molar-refractivity contribution >= 4 is 28.5 Å². The molecule has 3 aromatic rings. The molecule has 134 valence electrons. The van der Waals surface area contributed by atoms with E-state index in [-0.39, 0.29) is 24.8 Å². The van der Waals surface area contributed by atoms with Crippen molar-refractivity contribution in [1.82, 2.24) is 30.8 Å². The molecule has 0 aliphatic rings. The summed E-state index contributed by atoms with van der Waals surface area (Å²) in [5, 5.41) is 16.1. The summed E-state index contributed by atoms with van der Waals surface area (Å²) in [6.45, 7) is 1.23. The first-order chi connectivity index (χ1) is 12.7. The van der Waals surface area contributed by atoms with Crippen LogP contribution in [-0.4, -0.2) is 51.6 Å². The molecule has 0 saturated heterocycles. The Kier molecular flexibility index (Phi) is 5.71. The number of para-hydroxylation sites is 1. The van der Waals surface area contributed by atoms with Gasteiger partial charge in [-0.2, -0.15) is 5.10 Å². The molecular formula is C17H19N7O2. The van der Waals surface area contributed by atoms with Crippen molar-refractivity contribution in [3.63, 3.8) is 0 Å². The van der Waals surface area contributed by atoms with Gasteiger partial charge in [0.2, 0.25) is 5.91 Å². The normalized spacial score (nSPS) is 10.5. The molecule has 1 aromatic carbocycles. The van der Waals surface area contributed by atoms with Crippen LogP contribution >= 0.6 is 0 Å². The number of aromatic nitrogens is 4. The number of H-pyrrole nitrogens is 1. The minimum atomic E-state index is -0.306. The molecule has 2 heterocycles. The average molecular weight is 353 g/mol. The minimum absolute atomic E-state index is 0.141. The summed E-state index contributed by atoms with van der Waals surface area (Å²) in [5.41, 5.74) is 1.13. The zero-order valence-corrected chi connectivity index (χ0v) is 14.0. The molecule has 0 saturated carbocycles. The molecule has 26 heavy (non-hydrogen) atoms. The summed E-state index contributed by atoms with van der Waals surface area (Å²) in [5.74, 6) is 0.206. The summed E-state index contributed by atoms with van der Waals surface area (Å²) in [6, 6.07) is 7.38. The second-order valence-electron chi connectivity index (χ2n) is 5.49. The topological polar surface area (TPSA) is 125 Å². The molecule has 3 rings (SSSR count). The van der Waals surface area contributed by atoms with E-state index in [0.29, 0.717) is 24.6 Å². The number of hydrogen-bond donors (Lipinski definition) is 4. The van der Waals surface area contributed by atoms with E-state index in [1.165, 1.54) is 0 Å². The summed E-state index contributed by atoms with van der Waals surface area (Å²) >= 11 is 0. The fourth-order valence-corrected chi connectivity index (χ4v) is 2.38. The molecule has 9 heteroatoms. The molecule has 2 aromatic heterocycles. The Bertz CT molecular complexity index is 879. The Morgan fingerprint density at radius 2 is 1.92 bits per heavy atom. The molecule has 0 bridgehead atoms. The summed E-state index contributed by atoms with van der Waals surface area (Å²) < 4.78 is 0. The number of aromatic amines is 1. The van der Waals surface area contributed by atoms with Crippen LogP contribution in [-0.2, 0) is 4.79 Å². The van der Waals surface area contributed by atoms with Gasteiger partial charge in [0, 0.05) is 43.8 Å². The van der Waals surface area contributed by atoms with Gasteiger partial charge >= 0.3 is 0 Å². The standard InChI is InChI=1S/C17H19N7O2/c25-15(21-10-9-20-14-11-18-7-8-19-14)5-6-22-17(26)16-12-3-1-2-4-13(12)23-24-16/h1-4,7-8,11H,5-6,9-10H2,(H,19,20)(H,21,25)(H,22,26)(H,23,24). The number of benzene rings is 1. The molecule has 0 unspecified atom stereocenters. The predicted molar refractivity (Wildman–Crippen MR) is 96.6 cm³/mol. The number of carbonyl (C=O) groups excluding carboxylic acids is 2. The first-order valence-electron chi connectivity index (χ1n) is 8.22. The quantitative estimate of drug-likeness (QED) is 0.442. The number of rotatable bonds is 8. The minimum Gasteiger partial charge on any atom is -0.367 e. The fourth-order valence-electron chi connectivity index (χ4n) is 2.38. The van der Waals surface area contributed by atoms with Gasteiger partial charge in [-0.05, 0) is 6.07 Å². The van der Waals surface area contributed by atoms with Crippen LogP contribution in [0.25, 0.3) is 10.9 Å². The third-order valence-corrected chi connectivity index (χ3v) is 3.64. The Morgan fingerprint density at radius 3 is 2.77 bits per heavy atom. The number of amides is 2. The van der Waals surface area contributed by atoms with E-state index in [1.54, 1.807) is 18.6 Å². The maximum absolute atomic E-state index is 12.2. The highest BCUT2D eigenvalue weighted by Gasteiger charge is 2.13. The SMILES string of the molecule is O=C(CCNC(=O)c1n[nH]c2ccccc12)NCCNc1cnccn1. The van der Waals surface area contributed by atoms with Crippen LogP contribution in [0.1, 0.15) is 16.9 Å². The van der Waals surface area contributed by atoms with Crippen LogP contribution in [0.5, 0.6) is 0 Å². The Labute approximate surface area is 149 Å². The van der Waals surface area contributed by atoms with Gasteiger partial charge in [-0.25, -0.2) is 4.98 Å². The molecule has 2 amide bonds. The van der Waals surface area contributed by atoms with Crippen molar-refractivity contribution in [1.29, 1.82) is 0 Å². The van der Waals surface area contributed by atoms with E-state index in [0.717, 1.165) is 10.9 Å². The maximum atomic E-state index is 12.2. The van der Waals surface area contributed by atoms with Gasteiger partial charge in [-0.15, -0.1) is 0 Å². The number of nitrogens with zero attached hydrogens (tertiary/aromatic N) is 3. The third kappa shape index (κ3) is 4.53. The van der Waals surface area contributed by atoms with Gasteiger partial charge in [0.1, 0.15) is 5.82 Å². The first-order valence-corrected chi connectivity index (χ1v) is 8.22. The zero-order chi connectivity index (χ0) is 18.2. The maximum Gasteiger partial charge on any atom is 0.272 e. The summed E-state index contributed by atoms with van der Waals surface area (Å²) in [6.07, 6.45) is 4.98. The highest BCUT2D eigenvalue weighted by atomic mass is 16.2. The molecular weight excluding hydrogens is 334 g/mol. The zero-order valence-electron chi connectivity index (χ0n) is 14.0. The second kappa shape index (κ2) is 8.56. The van der Waals surface area contributed by atoms with E-state index in [2.05, 4.69) is 36.1 Å². The molecule has 0 atom stereocenters. The van der Waals surface area contributed by atoms with Gasteiger partial charge in [0.15, 0.2) is 5.69 Å². The average Bonchev–Trinajstić information content (AvgIpc) is 3.10. The van der Waals surface area contributed by atoms with Gasteiger partial charge < -0.3 is 16.0 Å². The Balaban J connectivity index is 1.35. The van der Waals surface area contributed by atoms with Crippen molar-refractivity contribution in [2.24, 2.45) is 0 Å². The van der Waals surface area contributed by atoms with E-state index >= 15 is 0 Å². The van der Waals surface area contributed by atoms with Crippen LogP contribution in [0.2, 0.25) is 0 Å². The number of anilines is 1. The molecule has 0 spiro atoms. The van der Waals surface area contributed by atoms with Crippen molar-refractivity contribution in [3.05, 3.63) is 48.5 Å². The highest BCUT2D eigenvalue weighted by Crippen LogP contribution is 2.14. The number of carbonyl (C=O) groups is 2. The van der Waals surface area contributed by atoms with Crippen LogP contribution in [0.4, 0.5) is 5.82 Å². The molecule has 4 N–H and O–H groups in total. The summed E-state index contributed by atoms with van der Waals surface area (Å²) in [4.78, 5) is 32.0. The molecule has 0 radical (unpaired) electrons. The van der Waals surface area contributed by atoms with E-state index in [4.69, 9.17) is 0 Å². The largest absolute Gasteiger partial charge is 0.367 e. The Morgan fingerprint density at radius 1 is 1.04 bits per heavy atom. The fraction of sp³-hybridized carbons (Fsp3) is 0.235. The molecule has 0 aliphatic heterocycles. The van der Waals surface area contributed by atoms with Gasteiger partial charge in [-0.1, -0.05) is 18.2 Å². The first kappa shape index (κ1) is 17.3. The molecule has 9 nitrogen and oxygen atoms in total. The summed E-state index contributed by atoms with van der Waals surface area (Å²) in [7, 11) is 0. The number of hydrogen-bond acceptors (Lipinski definition) is 6. The van der Waals surface area contributed by atoms with Gasteiger partial charge in [0.05, 0.1) is 11.7 Å². The second-order valence-corrected chi connectivity index (χ2v) is 5.49. The van der Waals surface area contributed by atoms with E-state index < -0.39 is 0 Å². The van der Waals surface area contributed by atoms with Gasteiger partial charge in [-0.3, -0.25) is 19.7 Å². The lowest BCUT2D eigenvalue weighted by atomic mass is 10.2.